The van der Waals surface area contributed by atoms with E-state index < -0.39 is 0 Å². The molecule has 2 unspecified atom stereocenters. The SMILES string of the molecule is CN1CCC(CN)(N2CCC3C(CCCN3C)C2)CC1. The Labute approximate surface area is 124 Å². The minimum atomic E-state index is 0.299. The van der Waals surface area contributed by atoms with Crippen LogP contribution in [0.5, 0.6) is 0 Å². The first-order chi connectivity index (χ1) is 9.64. The molecule has 2 atom stereocenters. The van der Waals surface area contributed by atoms with Gasteiger partial charge in [-0.25, -0.2) is 0 Å². The molecule has 0 bridgehead atoms. The maximum absolute atomic E-state index is 6.24. The second kappa shape index (κ2) is 5.91. The zero-order valence-corrected chi connectivity index (χ0v) is 13.4. The van der Waals surface area contributed by atoms with Gasteiger partial charge < -0.3 is 15.5 Å². The fraction of sp³-hybridized carbons (Fsp3) is 1.00. The Morgan fingerprint density at radius 1 is 1.05 bits per heavy atom. The topological polar surface area (TPSA) is 35.7 Å². The van der Waals surface area contributed by atoms with E-state index in [-0.39, 0.29) is 0 Å². The monoisotopic (exact) mass is 280 g/mol. The van der Waals surface area contributed by atoms with E-state index in [1.165, 1.54) is 64.8 Å². The van der Waals surface area contributed by atoms with Crippen LogP contribution < -0.4 is 5.73 Å². The lowest BCUT2D eigenvalue weighted by atomic mass is 9.79. The molecule has 4 nitrogen and oxygen atoms in total. The fourth-order valence-corrected chi connectivity index (χ4v) is 4.77. The van der Waals surface area contributed by atoms with Gasteiger partial charge in [-0.1, -0.05) is 0 Å². The van der Waals surface area contributed by atoms with Crippen molar-refractivity contribution in [2.45, 2.75) is 43.7 Å². The van der Waals surface area contributed by atoms with Crippen molar-refractivity contribution in [1.29, 1.82) is 0 Å². The van der Waals surface area contributed by atoms with E-state index >= 15 is 0 Å². The van der Waals surface area contributed by atoms with Crippen molar-refractivity contribution in [1.82, 2.24) is 14.7 Å². The Balaban J connectivity index is 1.68. The summed E-state index contributed by atoms with van der Waals surface area (Å²) >= 11 is 0. The van der Waals surface area contributed by atoms with Gasteiger partial charge in [-0.2, -0.15) is 0 Å². The van der Waals surface area contributed by atoms with E-state index in [9.17, 15) is 0 Å². The second-order valence-corrected chi connectivity index (χ2v) is 7.42. The average molecular weight is 280 g/mol. The van der Waals surface area contributed by atoms with Crippen molar-refractivity contribution in [2.75, 3.05) is 53.4 Å². The highest BCUT2D eigenvalue weighted by atomic mass is 15.3. The highest BCUT2D eigenvalue weighted by Gasteiger charge is 2.43. The first kappa shape index (κ1) is 14.8. The lowest BCUT2D eigenvalue weighted by Crippen LogP contribution is -2.64. The van der Waals surface area contributed by atoms with Crippen LogP contribution in [0, 0.1) is 5.92 Å². The van der Waals surface area contributed by atoms with Gasteiger partial charge >= 0.3 is 0 Å². The summed E-state index contributed by atoms with van der Waals surface area (Å²) in [7, 11) is 4.56. The van der Waals surface area contributed by atoms with Gasteiger partial charge in [0.2, 0.25) is 0 Å². The van der Waals surface area contributed by atoms with E-state index in [2.05, 4.69) is 28.8 Å². The molecular formula is C16H32N4. The van der Waals surface area contributed by atoms with E-state index in [1.54, 1.807) is 0 Å². The zero-order chi connectivity index (χ0) is 14.2. The standard InChI is InChI=1S/C16H32N4/c1-18-10-6-16(13-17,7-11-18)20-9-5-15-14(12-20)4-3-8-19(15)2/h14-15H,3-13,17H2,1-2H3. The molecule has 0 aromatic rings. The number of nitrogens with zero attached hydrogens (tertiary/aromatic N) is 3. The van der Waals surface area contributed by atoms with Crippen molar-refractivity contribution in [3.05, 3.63) is 0 Å². The average Bonchev–Trinajstić information content (AvgIpc) is 2.48. The van der Waals surface area contributed by atoms with Gasteiger partial charge in [-0.05, 0) is 71.8 Å². The number of hydrogen-bond acceptors (Lipinski definition) is 4. The Morgan fingerprint density at radius 2 is 1.80 bits per heavy atom. The molecule has 3 rings (SSSR count). The molecule has 4 heteroatoms. The quantitative estimate of drug-likeness (QED) is 0.812. The van der Waals surface area contributed by atoms with Crippen molar-refractivity contribution in [2.24, 2.45) is 11.7 Å². The van der Waals surface area contributed by atoms with Gasteiger partial charge in [0, 0.05) is 31.2 Å². The van der Waals surface area contributed by atoms with Crippen LogP contribution in [-0.4, -0.2) is 79.6 Å². The zero-order valence-electron chi connectivity index (χ0n) is 13.4. The van der Waals surface area contributed by atoms with Gasteiger partial charge in [0.25, 0.3) is 0 Å². The second-order valence-electron chi connectivity index (χ2n) is 7.42. The van der Waals surface area contributed by atoms with Crippen molar-refractivity contribution < 1.29 is 0 Å². The lowest BCUT2D eigenvalue weighted by molar-refractivity contribution is -0.0361. The van der Waals surface area contributed by atoms with Crippen LogP contribution in [0.4, 0.5) is 0 Å². The summed E-state index contributed by atoms with van der Waals surface area (Å²) in [5, 5.41) is 0. The highest BCUT2D eigenvalue weighted by molar-refractivity contribution is 5.00. The summed E-state index contributed by atoms with van der Waals surface area (Å²) < 4.78 is 0. The van der Waals surface area contributed by atoms with Crippen LogP contribution >= 0.6 is 0 Å². The molecule has 0 radical (unpaired) electrons. The lowest BCUT2D eigenvalue weighted by Gasteiger charge is -2.54. The molecule has 2 N–H and O–H groups in total. The number of hydrogen-bond donors (Lipinski definition) is 1. The van der Waals surface area contributed by atoms with E-state index in [1.807, 2.05) is 0 Å². The highest BCUT2D eigenvalue weighted by Crippen LogP contribution is 2.36. The fourth-order valence-electron chi connectivity index (χ4n) is 4.77. The molecule has 0 spiro atoms. The van der Waals surface area contributed by atoms with Crippen LogP contribution in [-0.2, 0) is 0 Å². The third-order valence-electron chi connectivity index (χ3n) is 6.31. The molecule has 3 heterocycles. The van der Waals surface area contributed by atoms with Gasteiger partial charge in [0.15, 0.2) is 0 Å². The largest absolute Gasteiger partial charge is 0.329 e. The van der Waals surface area contributed by atoms with Crippen LogP contribution in [0.15, 0.2) is 0 Å². The molecule has 0 amide bonds. The number of rotatable bonds is 2. The minimum Gasteiger partial charge on any atom is -0.329 e. The van der Waals surface area contributed by atoms with Gasteiger partial charge in [-0.3, -0.25) is 4.90 Å². The molecular weight excluding hydrogens is 248 g/mol. The summed E-state index contributed by atoms with van der Waals surface area (Å²) in [6.45, 7) is 7.10. The van der Waals surface area contributed by atoms with Gasteiger partial charge in [0.05, 0.1) is 0 Å². The number of nitrogens with two attached hydrogens (primary N) is 1. The van der Waals surface area contributed by atoms with Gasteiger partial charge in [0.1, 0.15) is 0 Å². The smallest absolute Gasteiger partial charge is 0.0356 e. The van der Waals surface area contributed by atoms with E-state index in [0.29, 0.717) is 5.54 Å². The number of piperidine rings is 3. The number of fused-ring (bicyclic) bond motifs is 1. The minimum absolute atomic E-state index is 0.299. The molecule has 0 aliphatic carbocycles. The summed E-state index contributed by atoms with van der Waals surface area (Å²) in [6, 6.07) is 0.834. The Hall–Kier alpha value is -0.160. The predicted molar refractivity (Wildman–Crippen MR) is 83.8 cm³/mol. The van der Waals surface area contributed by atoms with Gasteiger partial charge in [-0.15, -0.1) is 0 Å². The van der Waals surface area contributed by atoms with E-state index in [4.69, 9.17) is 5.73 Å². The third kappa shape index (κ3) is 2.63. The molecule has 116 valence electrons. The van der Waals surface area contributed by atoms with Crippen LogP contribution in [0.25, 0.3) is 0 Å². The Morgan fingerprint density at radius 3 is 2.50 bits per heavy atom. The van der Waals surface area contributed by atoms with Crippen molar-refractivity contribution in [3.8, 4) is 0 Å². The summed E-state index contributed by atoms with van der Waals surface area (Å²) in [4.78, 5) is 7.84. The molecule has 3 aliphatic heterocycles. The molecule has 20 heavy (non-hydrogen) atoms. The van der Waals surface area contributed by atoms with Crippen LogP contribution in [0.1, 0.15) is 32.1 Å². The predicted octanol–water partition coefficient (Wildman–Crippen LogP) is 0.826. The summed E-state index contributed by atoms with van der Waals surface area (Å²) in [5.74, 6) is 0.880. The van der Waals surface area contributed by atoms with E-state index in [0.717, 1.165) is 18.5 Å². The van der Waals surface area contributed by atoms with Crippen molar-refractivity contribution in [3.63, 3.8) is 0 Å². The molecule has 3 fully saturated rings. The van der Waals surface area contributed by atoms with Crippen LogP contribution in [0.3, 0.4) is 0 Å². The molecule has 3 saturated heterocycles. The Bertz CT molecular complexity index is 324. The molecule has 3 aliphatic rings. The first-order valence-corrected chi connectivity index (χ1v) is 8.48. The maximum Gasteiger partial charge on any atom is 0.0356 e. The molecule has 0 saturated carbocycles. The molecule has 0 aromatic carbocycles. The summed E-state index contributed by atoms with van der Waals surface area (Å²) in [6.07, 6.45) is 6.66. The maximum atomic E-state index is 6.24. The first-order valence-electron chi connectivity index (χ1n) is 8.48. The normalized spacial score (nSPS) is 36.8. The third-order valence-corrected chi connectivity index (χ3v) is 6.31. The van der Waals surface area contributed by atoms with Crippen molar-refractivity contribution >= 4 is 0 Å². The molecule has 0 aromatic heterocycles. The van der Waals surface area contributed by atoms with Crippen LogP contribution in [0.2, 0.25) is 0 Å². The summed E-state index contributed by atoms with van der Waals surface area (Å²) in [5.41, 5.74) is 6.54. The number of likely N-dealkylation sites (tertiary alicyclic amines) is 3. The Kier molecular flexibility index (Phi) is 4.37.